The highest BCUT2D eigenvalue weighted by molar-refractivity contribution is 7.72. The zero-order valence-electron chi connectivity index (χ0n) is 9.91. The average molecular weight is 299 g/mol. The van der Waals surface area contributed by atoms with Crippen LogP contribution in [-0.4, -0.2) is 20.0 Å². The first-order valence-corrected chi connectivity index (χ1v) is 6.45. The maximum absolute atomic E-state index is 12.4. The van der Waals surface area contributed by atoms with Gasteiger partial charge < -0.3 is 4.57 Å². The maximum atomic E-state index is 12.4. The van der Waals surface area contributed by atoms with E-state index in [1.54, 1.807) is 0 Å². The van der Waals surface area contributed by atoms with E-state index >= 15 is 0 Å². The van der Waals surface area contributed by atoms with Crippen molar-refractivity contribution in [3.63, 3.8) is 0 Å². The fourth-order valence-corrected chi connectivity index (χ4v) is 1.69. The van der Waals surface area contributed by atoms with Crippen molar-refractivity contribution < 1.29 is 17.4 Å². The molecule has 2 aromatic rings. The quantitative estimate of drug-likeness (QED) is 0.800. The summed E-state index contributed by atoms with van der Waals surface area (Å²) in [6.07, 6.45) is -0.213. The zero-order valence-corrected chi connectivity index (χ0v) is 10.7. The summed E-state index contributed by atoms with van der Waals surface area (Å²) in [6, 6.07) is 4.62. The van der Waals surface area contributed by atoms with Crippen LogP contribution < -0.4 is 0 Å². The molecule has 2 rings (SSSR count). The van der Waals surface area contributed by atoms with Gasteiger partial charge in [-0.2, -0.15) is 21.8 Å². The molecule has 1 heterocycles. The minimum Gasteiger partial charge on any atom is -0.306 e. The molecule has 0 bridgehead atoms. The molecule has 0 aliphatic rings. The Hall–Kier alpha value is -2.31. The summed E-state index contributed by atoms with van der Waals surface area (Å²) in [7, 11) is -1.82. The van der Waals surface area contributed by atoms with Gasteiger partial charge in [-0.05, 0) is 24.3 Å². The van der Waals surface area contributed by atoms with Crippen molar-refractivity contribution >= 4 is 16.6 Å². The van der Waals surface area contributed by atoms with Crippen molar-refractivity contribution in [3.8, 4) is 11.4 Å². The summed E-state index contributed by atoms with van der Waals surface area (Å²) in [4.78, 5) is 3.94. The van der Waals surface area contributed by atoms with Gasteiger partial charge in [-0.25, -0.2) is 4.98 Å². The number of benzene rings is 1. The Balaban J connectivity index is 2.25. The minimum atomic E-state index is -4.36. The number of aromatic nitrogens is 2. The van der Waals surface area contributed by atoms with E-state index in [0.717, 1.165) is 12.1 Å². The van der Waals surface area contributed by atoms with Crippen molar-refractivity contribution in [1.82, 2.24) is 9.55 Å². The molecule has 0 aliphatic heterocycles. The van der Waals surface area contributed by atoms with E-state index in [0.29, 0.717) is 11.4 Å². The highest BCUT2D eigenvalue weighted by Gasteiger charge is 2.29. The van der Waals surface area contributed by atoms with Gasteiger partial charge in [-0.3, -0.25) is 0 Å². The topological polar surface area (TPSA) is 47.2 Å². The molecule has 0 fully saturated rings. The lowest BCUT2D eigenvalue weighted by Gasteiger charge is -2.07. The van der Waals surface area contributed by atoms with Crippen molar-refractivity contribution in [2.75, 3.05) is 0 Å². The highest BCUT2D eigenvalue weighted by atomic mass is 32.2. The van der Waals surface area contributed by atoms with E-state index in [9.17, 15) is 17.4 Å². The third-order valence-corrected chi connectivity index (χ3v) is 2.70. The van der Waals surface area contributed by atoms with Crippen LogP contribution in [0.1, 0.15) is 11.3 Å². The first-order valence-electron chi connectivity index (χ1n) is 5.28. The van der Waals surface area contributed by atoms with E-state index in [1.165, 1.54) is 35.4 Å². The van der Waals surface area contributed by atoms with Crippen molar-refractivity contribution in [2.24, 2.45) is 4.40 Å². The van der Waals surface area contributed by atoms with Crippen LogP contribution in [0.2, 0.25) is 0 Å². The second kappa shape index (κ2) is 5.36. The molecular formula is C12H8F3N3OS. The van der Waals surface area contributed by atoms with Crippen LogP contribution in [0.5, 0.6) is 0 Å². The molecule has 0 amide bonds. The van der Waals surface area contributed by atoms with Crippen molar-refractivity contribution in [2.45, 2.75) is 6.18 Å². The Morgan fingerprint density at radius 1 is 1.30 bits per heavy atom. The number of imidazole rings is 1. The molecule has 20 heavy (non-hydrogen) atoms. The van der Waals surface area contributed by atoms with Gasteiger partial charge in [0.2, 0.25) is 0 Å². The van der Waals surface area contributed by atoms with E-state index in [4.69, 9.17) is 5.69 Å². The van der Waals surface area contributed by atoms with Crippen LogP contribution in [0, 0.1) is 5.69 Å². The molecule has 0 spiro atoms. The number of hydrogen-bond donors (Lipinski definition) is 0. The molecule has 0 saturated carbocycles. The molecular weight excluding hydrogens is 291 g/mol. The van der Waals surface area contributed by atoms with Crippen LogP contribution in [0.25, 0.3) is 5.69 Å². The molecule has 0 unspecified atom stereocenters. The van der Waals surface area contributed by atoms with Crippen LogP contribution in [-0.2, 0) is 16.6 Å². The molecule has 1 aromatic carbocycles. The molecule has 0 N–H and O–H groups in total. The van der Waals surface area contributed by atoms with Gasteiger partial charge in [0.05, 0.1) is 18.1 Å². The molecule has 0 atom stereocenters. The number of nitrogens with zero attached hydrogens (tertiary/aromatic N) is 3. The van der Waals surface area contributed by atoms with Gasteiger partial charge in [-0.15, -0.1) is 0 Å². The molecule has 4 nitrogen and oxygen atoms in total. The van der Waals surface area contributed by atoms with Gasteiger partial charge in [0.25, 0.3) is 0 Å². The SMILES string of the molecule is C#S(=O)N=Cc1cn(-c2ccc(C(F)(F)F)cc2)cn1. The Labute approximate surface area is 114 Å². The predicted molar refractivity (Wildman–Crippen MR) is 69.2 cm³/mol. The second-order valence-electron chi connectivity index (χ2n) is 3.76. The molecule has 0 saturated heterocycles. The monoisotopic (exact) mass is 299 g/mol. The van der Waals surface area contributed by atoms with Crippen molar-refractivity contribution in [3.05, 3.63) is 48.0 Å². The summed E-state index contributed by atoms with van der Waals surface area (Å²) in [5.41, 5.74) is 5.13. The second-order valence-corrected chi connectivity index (χ2v) is 4.52. The lowest BCUT2D eigenvalue weighted by Crippen LogP contribution is -2.04. The molecule has 104 valence electrons. The largest absolute Gasteiger partial charge is 0.416 e. The number of halogens is 3. The standard InChI is InChI=1S/C12H8F3N3OS/c1-20(19)17-6-10-7-18(8-16-10)11-4-2-9(3-5-11)12(13,14)15/h1-8H. The number of alkyl halides is 3. The lowest BCUT2D eigenvalue weighted by atomic mass is 10.2. The van der Waals surface area contributed by atoms with E-state index in [1.807, 2.05) is 0 Å². The summed E-state index contributed by atoms with van der Waals surface area (Å²) in [5, 5.41) is 0. The van der Waals surface area contributed by atoms with Crippen LogP contribution in [0.4, 0.5) is 13.2 Å². The molecule has 8 heteroatoms. The Morgan fingerprint density at radius 3 is 2.50 bits per heavy atom. The van der Waals surface area contributed by atoms with Crippen LogP contribution in [0.3, 0.4) is 0 Å². The molecule has 0 radical (unpaired) electrons. The summed E-state index contributed by atoms with van der Waals surface area (Å²) in [5.74, 6) is 0. The molecule has 0 aliphatic carbocycles. The van der Waals surface area contributed by atoms with Crippen LogP contribution in [0.15, 0.2) is 41.2 Å². The Morgan fingerprint density at radius 2 is 1.95 bits per heavy atom. The summed E-state index contributed by atoms with van der Waals surface area (Å²) in [6.45, 7) is 0. The highest BCUT2D eigenvalue weighted by Crippen LogP contribution is 2.29. The van der Waals surface area contributed by atoms with E-state index < -0.39 is 22.1 Å². The van der Waals surface area contributed by atoms with Crippen molar-refractivity contribution in [1.29, 1.82) is 0 Å². The van der Waals surface area contributed by atoms with Gasteiger partial charge in [0.1, 0.15) is 16.1 Å². The zero-order chi connectivity index (χ0) is 14.8. The third-order valence-electron chi connectivity index (χ3n) is 2.38. The fourth-order valence-electron chi connectivity index (χ4n) is 1.47. The average Bonchev–Trinajstić information content (AvgIpc) is 2.84. The summed E-state index contributed by atoms with van der Waals surface area (Å²) < 4.78 is 52.8. The van der Waals surface area contributed by atoms with Gasteiger partial charge in [-0.1, -0.05) is 5.69 Å². The predicted octanol–water partition coefficient (Wildman–Crippen LogP) is 2.56. The number of hydrogen-bond acceptors (Lipinski definition) is 2. The van der Waals surface area contributed by atoms with Gasteiger partial charge in [0.15, 0.2) is 0 Å². The first-order chi connectivity index (χ1) is 9.36. The molecule has 1 aromatic heterocycles. The normalized spacial score (nSPS) is 11.9. The minimum absolute atomic E-state index is 0.392. The number of rotatable bonds is 2. The Kier molecular flexibility index (Phi) is 3.78. The van der Waals surface area contributed by atoms with Gasteiger partial charge in [0, 0.05) is 11.9 Å². The fraction of sp³-hybridized carbons (Fsp3) is 0.0833. The van der Waals surface area contributed by atoms with Gasteiger partial charge >= 0.3 is 6.18 Å². The summed E-state index contributed by atoms with van der Waals surface area (Å²) >= 11 is 0. The maximum Gasteiger partial charge on any atom is 0.416 e. The van der Waals surface area contributed by atoms with E-state index in [2.05, 4.69) is 9.38 Å². The Bertz CT molecular complexity index is 757. The van der Waals surface area contributed by atoms with E-state index in [-0.39, 0.29) is 0 Å². The van der Waals surface area contributed by atoms with Crippen LogP contribution >= 0.6 is 0 Å². The first kappa shape index (κ1) is 14.1. The lowest BCUT2D eigenvalue weighted by molar-refractivity contribution is -0.137. The third kappa shape index (κ3) is 3.37. The smallest absolute Gasteiger partial charge is 0.306 e.